The van der Waals surface area contributed by atoms with E-state index < -0.39 is 10.0 Å². The van der Waals surface area contributed by atoms with Crippen molar-refractivity contribution in [2.75, 3.05) is 11.8 Å². The van der Waals surface area contributed by atoms with Crippen LogP contribution in [0.2, 0.25) is 15.2 Å². The fourth-order valence-corrected chi connectivity index (χ4v) is 4.66. The van der Waals surface area contributed by atoms with Gasteiger partial charge in [-0.05, 0) is 47.5 Å². The Bertz CT molecular complexity index is 1160. The third-order valence-corrected chi connectivity index (χ3v) is 6.36. The zero-order chi connectivity index (χ0) is 22.6. The van der Waals surface area contributed by atoms with Gasteiger partial charge in [0.15, 0.2) is 0 Å². The fraction of sp³-hybridized carbons (Fsp3) is 0.143. The van der Waals surface area contributed by atoms with Crippen molar-refractivity contribution in [1.82, 2.24) is 9.88 Å². The van der Waals surface area contributed by atoms with Gasteiger partial charge >= 0.3 is 0 Å². The van der Waals surface area contributed by atoms with Gasteiger partial charge in [-0.1, -0.05) is 53.0 Å². The lowest BCUT2D eigenvalue weighted by molar-refractivity contribution is -0.129. The Morgan fingerprint density at radius 2 is 1.58 bits per heavy atom. The molecule has 1 heterocycles. The number of aromatic nitrogens is 1. The molecule has 0 fully saturated rings. The Morgan fingerprint density at radius 3 is 2.16 bits per heavy atom. The second-order valence-electron chi connectivity index (χ2n) is 6.82. The number of pyridine rings is 1. The maximum absolute atomic E-state index is 12.6. The van der Waals surface area contributed by atoms with E-state index in [-0.39, 0.29) is 27.3 Å². The number of benzene rings is 2. The quantitative estimate of drug-likeness (QED) is 0.463. The molecule has 1 amide bonds. The summed E-state index contributed by atoms with van der Waals surface area (Å²) in [6, 6.07) is 14.1. The summed E-state index contributed by atoms with van der Waals surface area (Å²) in [6.07, 6.45) is 1.80. The van der Waals surface area contributed by atoms with Crippen LogP contribution in [0.1, 0.15) is 11.1 Å². The lowest BCUT2D eigenvalue weighted by Crippen LogP contribution is -2.27. The van der Waals surface area contributed by atoms with Gasteiger partial charge in [-0.25, -0.2) is 13.4 Å². The molecule has 0 unspecified atom stereocenters. The molecule has 0 spiro atoms. The lowest BCUT2D eigenvalue weighted by atomic mass is 10.1. The molecule has 0 radical (unpaired) electrons. The van der Waals surface area contributed by atoms with Crippen LogP contribution in [0, 0.1) is 0 Å². The van der Waals surface area contributed by atoms with Crippen molar-refractivity contribution in [1.29, 1.82) is 0 Å². The van der Waals surface area contributed by atoms with Crippen LogP contribution in [-0.2, 0) is 27.8 Å². The molecular formula is C21H18Cl3N3O3S. The molecule has 1 aromatic heterocycles. The van der Waals surface area contributed by atoms with Gasteiger partial charge in [-0.2, -0.15) is 0 Å². The minimum absolute atomic E-state index is 0.0393. The Hall–Kier alpha value is -2.32. The van der Waals surface area contributed by atoms with E-state index in [0.29, 0.717) is 17.4 Å². The van der Waals surface area contributed by atoms with Crippen molar-refractivity contribution in [2.24, 2.45) is 0 Å². The van der Waals surface area contributed by atoms with Gasteiger partial charge in [-0.3, -0.25) is 9.52 Å². The van der Waals surface area contributed by atoms with Crippen LogP contribution < -0.4 is 4.72 Å². The van der Waals surface area contributed by atoms with Crippen LogP contribution in [0.4, 0.5) is 5.69 Å². The molecule has 0 aliphatic heterocycles. The van der Waals surface area contributed by atoms with E-state index >= 15 is 0 Å². The average Bonchev–Trinajstić information content (AvgIpc) is 2.70. The number of carbonyl (C=O) groups excluding carboxylic acids is 1. The molecule has 31 heavy (non-hydrogen) atoms. The van der Waals surface area contributed by atoms with E-state index in [1.807, 2.05) is 6.07 Å². The topological polar surface area (TPSA) is 79.4 Å². The number of sulfonamides is 1. The van der Waals surface area contributed by atoms with E-state index in [1.54, 1.807) is 48.5 Å². The summed E-state index contributed by atoms with van der Waals surface area (Å²) in [7, 11) is -2.15. The number of hydrogen-bond donors (Lipinski definition) is 1. The van der Waals surface area contributed by atoms with Crippen LogP contribution in [-0.4, -0.2) is 31.3 Å². The SMILES string of the molecule is CN(Cc1ccc(Cl)nc1)C(=O)Cc1ccc(NS(=O)(=O)c2cc(Cl)cc(Cl)c2)cc1. The minimum Gasteiger partial charge on any atom is -0.341 e. The summed E-state index contributed by atoms with van der Waals surface area (Å²) in [5.74, 6) is -0.0862. The van der Waals surface area contributed by atoms with Gasteiger partial charge < -0.3 is 4.90 Å². The molecule has 0 atom stereocenters. The second kappa shape index (κ2) is 9.87. The van der Waals surface area contributed by atoms with E-state index in [4.69, 9.17) is 34.8 Å². The summed E-state index contributed by atoms with van der Waals surface area (Å²) in [4.78, 5) is 18.0. The van der Waals surface area contributed by atoms with E-state index in [2.05, 4.69) is 9.71 Å². The molecule has 0 bridgehead atoms. The van der Waals surface area contributed by atoms with E-state index in [0.717, 1.165) is 11.1 Å². The van der Waals surface area contributed by atoms with Crippen LogP contribution in [0.15, 0.2) is 65.7 Å². The number of amides is 1. The smallest absolute Gasteiger partial charge is 0.261 e. The maximum Gasteiger partial charge on any atom is 0.261 e. The molecule has 3 rings (SSSR count). The van der Waals surface area contributed by atoms with Crippen molar-refractivity contribution in [3.8, 4) is 0 Å². The number of anilines is 1. The van der Waals surface area contributed by atoms with Crippen molar-refractivity contribution in [3.63, 3.8) is 0 Å². The molecule has 162 valence electrons. The number of likely N-dealkylation sites (N-methyl/N-ethyl adjacent to an activating group) is 1. The van der Waals surface area contributed by atoms with Crippen LogP contribution in [0.5, 0.6) is 0 Å². The van der Waals surface area contributed by atoms with E-state index in [9.17, 15) is 13.2 Å². The number of rotatable bonds is 7. The van der Waals surface area contributed by atoms with Gasteiger partial charge in [0.25, 0.3) is 10.0 Å². The zero-order valence-electron chi connectivity index (χ0n) is 16.3. The first-order valence-electron chi connectivity index (χ1n) is 9.04. The first-order valence-corrected chi connectivity index (χ1v) is 11.7. The predicted molar refractivity (Wildman–Crippen MR) is 123 cm³/mol. The van der Waals surface area contributed by atoms with Crippen LogP contribution in [0.3, 0.4) is 0 Å². The molecule has 3 aromatic rings. The van der Waals surface area contributed by atoms with Gasteiger partial charge in [0.2, 0.25) is 5.91 Å². The minimum atomic E-state index is -3.85. The maximum atomic E-state index is 12.6. The fourth-order valence-electron chi connectivity index (χ4n) is 2.76. The number of carbonyl (C=O) groups is 1. The Kier molecular flexibility index (Phi) is 7.43. The third-order valence-electron chi connectivity index (χ3n) is 4.34. The lowest BCUT2D eigenvalue weighted by Gasteiger charge is -2.17. The van der Waals surface area contributed by atoms with Crippen molar-refractivity contribution in [3.05, 3.63) is 87.1 Å². The summed E-state index contributed by atoms with van der Waals surface area (Å²) < 4.78 is 27.6. The zero-order valence-corrected chi connectivity index (χ0v) is 19.4. The molecule has 0 aliphatic rings. The molecule has 0 saturated carbocycles. The standard InChI is InChI=1S/C21H18Cl3N3O3S/c1-27(13-15-4-7-20(24)25-12-15)21(28)8-14-2-5-18(6-3-14)26-31(29,30)19-10-16(22)9-17(23)11-19/h2-7,9-12,26H,8,13H2,1H3. The van der Waals surface area contributed by atoms with Gasteiger partial charge in [0, 0.05) is 35.5 Å². The third kappa shape index (κ3) is 6.58. The average molecular weight is 499 g/mol. The van der Waals surface area contributed by atoms with Crippen LogP contribution in [0.25, 0.3) is 0 Å². The second-order valence-corrected chi connectivity index (χ2v) is 9.77. The molecule has 2 aromatic carbocycles. The Labute approximate surface area is 195 Å². The largest absolute Gasteiger partial charge is 0.341 e. The normalized spacial score (nSPS) is 11.2. The van der Waals surface area contributed by atoms with Gasteiger partial charge in [0.05, 0.1) is 11.3 Å². The number of nitrogens with zero attached hydrogens (tertiary/aromatic N) is 2. The molecule has 0 aliphatic carbocycles. The van der Waals surface area contributed by atoms with Crippen molar-refractivity contribution < 1.29 is 13.2 Å². The van der Waals surface area contributed by atoms with E-state index in [1.165, 1.54) is 18.2 Å². The predicted octanol–water partition coefficient (Wildman–Crippen LogP) is 5.04. The summed E-state index contributed by atoms with van der Waals surface area (Å²) >= 11 is 17.6. The van der Waals surface area contributed by atoms with Crippen LogP contribution >= 0.6 is 34.8 Å². The highest BCUT2D eigenvalue weighted by molar-refractivity contribution is 7.92. The Balaban J connectivity index is 1.63. The number of nitrogens with one attached hydrogen (secondary N) is 1. The molecule has 6 nitrogen and oxygen atoms in total. The molecule has 10 heteroatoms. The van der Waals surface area contributed by atoms with Gasteiger partial charge in [-0.15, -0.1) is 0 Å². The van der Waals surface area contributed by atoms with Gasteiger partial charge in [0.1, 0.15) is 5.15 Å². The number of halogens is 3. The molecular weight excluding hydrogens is 481 g/mol. The van der Waals surface area contributed by atoms with Crippen molar-refractivity contribution >= 4 is 56.4 Å². The summed E-state index contributed by atoms with van der Waals surface area (Å²) in [5, 5.41) is 0.840. The highest BCUT2D eigenvalue weighted by atomic mass is 35.5. The summed E-state index contributed by atoms with van der Waals surface area (Å²) in [5.41, 5.74) is 1.97. The molecule has 1 N–H and O–H groups in total. The summed E-state index contributed by atoms with van der Waals surface area (Å²) in [6.45, 7) is 0.406. The first-order chi connectivity index (χ1) is 14.6. The highest BCUT2D eigenvalue weighted by Crippen LogP contribution is 2.24. The highest BCUT2D eigenvalue weighted by Gasteiger charge is 2.16. The molecule has 0 saturated heterocycles. The Morgan fingerprint density at radius 1 is 0.968 bits per heavy atom. The monoisotopic (exact) mass is 497 g/mol. The van der Waals surface area contributed by atoms with Crippen molar-refractivity contribution in [2.45, 2.75) is 17.9 Å². The number of hydrogen-bond acceptors (Lipinski definition) is 4. The first kappa shape index (κ1) is 23.3.